The predicted octanol–water partition coefficient (Wildman–Crippen LogP) is 8.52. The SMILES string of the molecule is CCN(CC)c1ccc(N=NC(N=Nc2ccc(Br)cc2)c2ccc(Cl)cc2)cc1. The number of hydrogen-bond acceptors (Lipinski definition) is 5. The predicted molar refractivity (Wildman–Crippen MR) is 127 cm³/mol. The van der Waals surface area contributed by atoms with E-state index >= 15 is 0 Å². The first-order valence-electron chi connectivity index (χ1n) is 9.76. The van der Waals surface area contributed by atoms with Crippen LogP contribution in [0.2, 0.25) is 5.02 Å². The highest BCUT2D eigenvalue weighted by Gasteiger charge is 2.09. The molecule has 0 bridgehead atoms. The smallest absolute Gasteiger partial charge is 0.206 e. The molecule has 0 saturated heterocycles. The van der Waals surface area contributed by atoms with Crippen molar-refractivity contribution in [3.8, 4) is 0 Å². The maximum atomic E-state index is 6.02. The summed E-state index contributed by atoms with van der Waals surface area (Å²) in [6, 6.07) is 23.0. The van der Waals surface area contributed by atoms with Gasteiger partial charge in [0.15, 0.2) is 0 Å². The van der Waals surface area contributed by atoms with Gasteiger partial charge in [0, 0.05) is 33.8 Å². The van der Waals surface area contributed by atoms with Gasteiger partial charge in [-0.25, -0.2) is 0 Å². The van der Waals surface area contributed by atoms with Crippen LogP contribution in [0.25, 0.3) is 0 Å². The van der Waals surface area contributed by atoms with E-state index in [1.165, 1.54) is 5.69 Å². The molecule has 0 N–H and O–H groups in total. The van der Waals surface area contributed by atoms with Crippen molar-refractivity contribution in [2.45, 2.75) is 20.0 Å². The summed E-state index contributed by atoms with van der Waals surface area (Å²) in [4.78, 5) is 2.28. The maximum Gasteiger partial charge on any atom is 0.206 e. The number of rotatable bonds is 8. The van der Waals surface area contributed by atoms with Crippen LogP contribution >= 0.6 is 27.5 Å². The van der Waals surface area contributed by atoms with Crippen LogP contribution < -0.4 is 4.90 Å². The molecule has 30 heavy (non-hydrogen) atoms. The summed E-state index contributed by atoms with van der Waals surface area (Å²) < 4.78 is 0.989. The molecular formula is C23H23BrClN5. The Labute approximate surface area is 190 Å². The Morgan fingerprint density at radius 1 is 0.767 bits per heavy atom. The van der Waals surface area contributed by atoms with Gasteiger partial charge in [-0.05, 0) is 74.5 Å². The summed E-state index contributed by atoms with van der Waals surface area (Å²) in [5.74, 6) is 0. The van der Waals surface area contributed by atoms with Crippen LogP contribution in [-0.4, -0.2) is 13.1 Å². The first-order valence-corrected chi connectivity index (χ1v) is 10.9. The molecule has 3 aromatic carbocycles. The second-order valence-corrected chi connectivity index (χ2v) is 7.87. The fourth-order valence-corrected chi connectivity index (χ4v) is 3.25. The quantitative estimate of drug-likeness (QED) is 0.296. The summed E-state index contributed by atoms with van der Waals surface area (Å²) in [6.45, 7) is 6.22. The van der Waals surface area contributed by atoms with E-state index in [0.29, 0.717) is 5.02 Å². The third kappa shape index (κ3) is 6.21. The first-order chi connectivity index (χ1) is 14.6. The second kappa shape index (κ2) is 11.0. The molecule has 1 unspecified atom stereocenters. The third-order valence-corrected chi connectivity index (χ3v) is 5.32. The van der Waals surface area contributed by atoms with E-state index in [1.54, 1.807) is 0 Å². The summed E-state index contributed by atoms with van der Waals surface area (Å²) in [5, 5.41) is 18.2. The molecule has 0 aliphatic rings. The van der Waals surface area contributed by atoms with Crippen LogP contribution in [0.3, 0.4) is 0 Å². The summed E-state index contributed by atoms with van der Waals surface area (Å²) in [5.41, 5.74) is 3.55. The van der Waals surface area contributed by atoms with Gasteiger partial charge in [0.05, 0.1) is 11.4 Å². The van der Waals surface area contributed by atoms with Gasteiger partial charge in [0.2, 0.25) is 6.17 Å². The number of benzene rings is 3. The van der Waals surface area contributed by atoms with Crippen molar-refractivity contribution in [1.29, 1.82) is 0 Å². The fraction of sp³-hybridized carbons (Fsp3) is 0.217. The molecule has 5 nitrogen and oxygen atoms in total. The third-order valence-electron chi connectivity index (χ3n) is 4.54. The van der Waals surface area contributed by atoms with Crippen molar-refractivity contribution in [3.63, 3.8) is 0 Å². The molecule has 0 spiro atoms. The highest BCUT2D eigenvalue weighted by molar-refractivity contribution is 9.10. The highest BCUT2D eigenvalue weighted by atomic mass is 79.9. The van der Waals surface area contributed by atoms with Gasteiger partial charge in [-0.2, -0.15) is 20.5 Å². The number of azo groups is 2. The van der Waals surface area contributed by atoms with E-state index in [9.17, 15) is 0 Å². The molecule has 3 aromatic rings. The molecule has 0 fully saturated rings. The van der Waals surface area contributed by atoms with E-state index in [1.807, 2.05) is 60.7 Å². The van der Waals surface area contributed by atoms with Gasteiger partial charge >= 0.3 is 0 Å². The van der Waals surface area contributed by atoms with Crippen LogP contribution in [0.1, 0.15) is 25.6 Å². The van der Waals surface area contributed by atoms with Crippen LogP contribution in [0.4, 0.5) is 17.1 Å². The fourth-order valence-electron chi connectivity index (χ4n) is 2.86. The van der Waals surface area contributed by atoms with E-state index in [2.05, 4.69) is 67.3 Å². The number of hydrogen-bond donors (Lipinski definition) is 0. The lowest BCUT2D eigenvalue weighted by atomic mass is 10.2. The van der Waals surface area contributed by atoms with Gasteiger partial charge in [0.25, 0.3) is 0 Å². The molecule has 0 heterocycles. The summed E-state index contributed by atoms with van der Waals surface area (Å²) in [7, 11) is 0. The maximum absolute atomic E-state index is 6.02. The standard InChI is InChI=1S/C23H23BrClN5/c1-3-30(4-2)22-15-13-21(14-16-22)27-29-23(17-5-9-19(25)10-6-17)28-26-20-11-7-18(24)8-12-20/h5-16,23H,3-4H2,1-2H3. The van der Waals surface area contributed by atoms with Crippen molar-refractivity contribution in [2.75, 3.05) is 18.0 Å². The Bertz CT molecular complexity index is 982. The Morgan fingerprint density at radius 2 is 1.27 bits per heavy atom. The average molecular weight is 485 g/mol. The van der Waals surface area contributed by atoms with Crippen molar-refractivity contribution in [2.24, 2.45) is 20.5 Å². The van der Waals surface area contributed by atoms with Crippen LogP contribution in [0.5, 0.6) is 0 Å². The molecule has 154 valence electrons. The van der Waals surface area contributed by atoms with Gasteiger partial charge in [-0.1, -0.05) is 39.7 Å². The summed E-state index contributed by atoms with van der Waals surface area (Å²) >= 11 is 9.45. The van der Waals surface area contributed by atoms with Crippen LogP contribution in [0.15, 0.2) is 97.7 Å². The van der Waals surface area contributed by atoms with E-state index in [-0.39, 0.29) is 0 Å². The van der Waals surface area contributed by atoms with E-state index < -0.39 is 6.17 Å². The molecule has 1 atom stereocenters. The van der Waals surface area contributed by atoms with Crippen molar-refractivity contribution >= 4 is 44.6 Å². The lowest BCUT2D eigenvalue weighted by molar-refractivity contribution is 0.689. The highest BCUT2D eigenvalue weighted by Crippen LogP contribution is 2.27. The molecule has 7 heteroatoms. The van der Waals surface area contributed by atoms with Gasteiger partial charge in [0.1, 0.15) is 0 Å². The normalized spacial score (nSPS) is 12.5. The Morgan fingerprint density at radius 3 is 1.77 bits per heavy atom. The molecular weight excluding hydrogens is 462 g/mol. The van der Waals surface area contributed by atoms with Gasteiger partial charge < -0.3 is 4.90 Å². The Kier molecular flexibility index (Phi) is 8.11. The van der Waals surface area contributed by atoms with Crippen molar-refractivity contribution in [1.82, 2.24) is 0 Å². The van der Waals surface area contributed by atoms with Gasteiger partial charge in [-0.3, -0.25) is 0 Å². The molecule has 3 rings (SSSR count). The first kappa shape index (κ1) is 22.1. The lowest BCUT2D eigenvalue weighted by Gasteiger charge is -2.20. The topological polar surface area (TPSA) is 52.7 Å². The van der Waals surface area contributed by atoms with Crippen molar-refractivity contribution in [3.05, 3.63) is 87.9 Å². The number of halogens is 2. The zero-order valence-corrected chi connectivity index (χ0v) is 19.3. The van der Waals surface area contributed by atoms with Gasteiger partial charge in [-0.15, -0.1) is 0 Å². The lowest BCUT2D eigenvalue weighted by Crippen LogP contribution is -2.21. The number of anilines is 1. The minimum atomic E-state index is -0.562. The second-order valence-electron chi connectivity index (χ2n) is 6.52. The zero-order valence-electron chi connectivity index (χ0n) is 16.9. The van der Waals surface area contributed by atoms with E-state index in [0.717, 1.165) is 34.5 Å². The summed E-state index contributed by atoms with van der Waals surface area (Å²) in [6.07, 6.45) is -0.562. The molecule has 0 amide bonds. The molecule has 0 saturated carbocycles. The van der Waals surface area contributed by atoms with Crippen LogP contribution in [-0.2, 0) is 0 Å². The van der Waals surface area contributed by atoms with Crippen LogP contribution in [0, 0.1) is 0 Å². The average Bonchev–Trinajstić information content (AvgIpc) is 2.77. The monoisotopic (exact) mass is 483 g/mol. The Balaban J connectivity index is 1.82. The van der Waals surface area contributed by atoms with Crippen molar-refractivity contribution < 1.29 is 0 Å². The minimum Gasteiger partial charge on any atom is -0.372 e. The molecule has 0 radical (unpaired) electrons. The number of nitrogens with zero attached hydrogens (tertiary/aromatic N) is 5. The minimum absolute atomic E-state index is 0.562. The van der Waals surface area contributed by atoms with E-state index in [4.69, 9.17) is 11.6 Å². The molecule has 0 aliphatic heterocycles. The Hall–Kier alpha value is -2.57. The zero-order chi connectivity index (χ0) is 21.3. The largest absolute Gasteiger partial charge is 0.372 e. The molecule has 0 aliphatic carbocycles. The molecule has 0 aromatic heterocycles.